The summed E-state index contributed by atoms with van der Waals surface area (Å²) in [5.74, 6) is -3.94. The van der Waals surface area contributed by atoms with Crippen molar-refractivity contribution >= 4 is 61.5 Å². The van der Waals surface area contributed by atoms with E-state index in [9.17, 15) is 39.6 Å². The van der Waals surface area contributed by atoms with Crippen molar-refractivity contribution < 1.29 is 80.5 Å². The second-order valence-corrected chi connectivity index (χ2v) is 10.9. The number of rotatable bonds is 12. The van der Waals surface area contributed by atoms with Crippen LogP contribution in [0.15, 0.2) is 0 Å². The molecular formula is C24H44CaN2O16. The summed E-state index contributed by atoms with van der Waals surface area (Å²) in [6, 6.07) is 0. The topological polar surface area (TPSA) is 341 Å². The van der Waals surface area contributed by atoms with Crippen LogP contribution in [-0.2, 0) is 19.2 Å². The van der Waals surface area contributed by atoms with Gasteiger partial charge < -0.3 is 81.5 Å². The molecule has 2 atom stereocenters. The third-order valence-electron chi connectivity index (χ3n) is 6.15. The van der Waals surface area contributed by atoms with Gasteiger partial charge in [0.1, 0.15) is 48.8 Å². The van der Waals surface area contributed by atoms with Crippen molar-refractivity contribution in [2.24, 2.45) is 10.8 Å². The van der Waals surface area contributed by atoms with E-state index in [1.54, 1.807) is 0 Å². The summed E-state index contributed by atoms with van der Waals surface area (Å²) >= 11 is 0. The van der Waals surface area contributed by atoms with Crippen molar-refractivity contribution in [2.75, 3.05) is 26.3 Å². The summed E-state index contributed by atoms with van der Waals surface area (Å²) in [4.78, 5) is 42.6. The zero-order valence-electron chi connectivity index (χ0n) is 24.5. The fraction of sp³-hybridized carbons (Fsp3) is 0.833. The maximum Gasteiger partial charge on any atom is 2.00 e. The molecule has 0 heterocycles. The van der Waals surface area contributed by atoms with Crippen LogP contribution < -0.4 is 20.8 Å². The van der Waals surface area contributed by atoms with Crippen molar-refractivity contribution in [3.63, 3.8) is 0 Å². The molecule has 0 radical (unpaired) electrons. The number of hydrogen-bond acceptors (Lipinski definition) is 16. The Bertz CT molecular complexity index is 753. The average molecular weight is 657 g/mol. The maximum atomic E-state index is 11.2. The van der Waals surface area contributed by atoms with Crippen LogP contribution in [0.5, 0.6) is 0 Å². The Morgan fingerprint density at radius 1 is 0.605 bits per heavy atom. The van der Waals surface area contributed by atoms with Crippen LogP contribution in [0.1, 0.15) is 40.5 Å². The minimum Gasteiger partial charge on any atom is -0.550 e. The molecule has 0 saturated heterocycles. The van der Waals surface area contributed by atoms with Gasteiger partial charge in [-0.25, -0.2) is 0 Å². The number of amides is 2. The Labute approximate surface area is 278 Å². The number of aliphatic carboxylic acids is 2. The van der Waals surface area contributed by atoms with E-state index < -0.39 is 83.4 Å². The van der Waals surface area contributed by atoms with Crippen LogP contribution in [0.4, 0.5) is 0 Å². The van der Waals surface area contributed by atoms with Gasteiger partial charge in [-0.05, 0) is 0 Å². The SMILES string of the molecule is CC(C)(CO)[C@@H](O)C(=O)NCCC(=O)[O-].CC(C)(CO)[C@@H](O)C(=O)NCCC(=O)[O-].OC1C(O)C(O)C(O)C(O)C1O.[Ca+2]. The Morgan fingerprint density at radius 3 is 0.977 bits per heavy atom. The third kappa shape index (κ3) is 16.6. The molecule has 1 rings (SSSR count). The van der Waals surface area contributed by atoms with E-state index in [4.69, 9.17) is 40.9 Å². The first-order valence-corrected chi connectivity index (χ1v) is 12.7. The first-order chi connectivity index (χ1) is 19.1. The van der Waals surface area contributed by atoms with Gasteiger partial charge in [0.15, 0.2) is 0 Å². The smallest absolute Gasteiger partial charge is 0.550 e. The molecule has 0 unspecified atom stereocenters. The summed E-state index contributed by atoms with van der Waals surface area (Å²) in [5.41, 5.74) is -1.91. The fourth-order valence-corrected chi connectivity index (χ4v) is 2.86. The fourth-order valence-electron chi connectivity index (χ4n) is 2.86. The van der Waals surface area contributed by atoms with Gasteiger partial charge in [-0.15, -0.1) is 0 Å². The van der Waals surface area contributed by atoms with Gasteiger partial charge in [0.05, 0.1) is 13.2 Å². The molecule has 12 N–H and O–H groups in total. The largest absolute Gasteiger partial charge is 2.00 e. The quantitative estimate of drug-likeness (QED) is 0.0867. The van der Waals surface area contributed by atoms with Crippen LogP contribution in [0, 0.1) is 10.8 Å². The van der Waals surface area contributed by atoms with E-state index in [-0.39, 0.29) is 76.9 Å². The number of aliphatic hydroxyl groups excluding tert-OH is 10. The van der Waals surface area contributed by atoms with Crippen LogP contribution in [0.2, 0.25) is 0 Å². The Kier molecular flexibility index (Phi) is 23.0. The monoisotopic (exact) mass is 656 g/mol. The van der Waals surface area contributed by atoms with Crippen molar-refractivity contribution in [1.82, 2.24) is 10.6 Å². The van der Waals surface area contributed by atoms with Gasteiger partial charge in [-0.2, -0.15) is 0 Å². The van der Waals surface area contributed by atoms with E-state index in [2.05, 4.69) is 10.6 Å². The molecule has 43 heavy (non-hydrogen) atoms. The summed E-state index contributed by atoms with van der Waals surface area (Å²) in [7, 11) is 0. The number of carboxylic acid groups (broad SMARTS) is 2. The van der Waals surface area contributed by atoms with Gasteiger partial charge in [0.2, 0.25) is 11.8 Å². The number of hydrogen-bond donors (Lipinski definition) is 12. The predicted octanol–water partition coefficient (Wildman–Crippen LogP) is -8.97. The molecule has 18 nitrogen and oxygen atoms in total. The van der Waals surface area contributed by atoms with Crippen molar-refractivity contribution in [3.05, 3.63) is 0 Å². The molecule has 0 aromatic heterocycles. The molecule has 248 valence electrons. The molecule has 1 fully saturated rings. The van der Waals surface area contributed by atoms with E-state index in [1.165, 1.54) is 27.7 Å². The minimum absolute atomic E-state index is 0. The third-order valence-corrected chi connectivity index (χ3v) is 6.15. The summed E-state index contributed by atoms with van der Waals surface area (Å²) in [6.45, 7) is 5.21. The molecule has 1 aliphatic carbocycles. The van der Waals surface area contributed by atoms with Gasteiger partial charge in [0.25, 0.3) is 0 Å². The first kappa shape index (κ1) is 46.2. The standard InChI is InChI=1S/2C9H17NO5.C6H12O6.Ca/c2*1-9(2,5-11)7(14)8(15)10-4-3-6(12)13;7-1-2(8)4(10)6(12)5(11)3(1)9;/h2*7,11,14H,3-5H2,1-2H3,(H,10,15)(H,12,13);1-12H;/q;;;+2/p-2/t2*7-;;/m00../s1. The van der Waals surface area contributed by atoms with Crippen molar-refractivity contribution in [3.8, 4) is 0 Å². The summed E-state index contributed by atoms with van der Waals surface area (Å²) in [6.07, 6.45) is -13.2. The average Bonchev–Trinajstić information content (AvgIpc) is 2.93. The Balaban J connectivity index is -0.000000555. The minimum atomic E-state index is -1.64. The Hall–Kier alpha value is -1.26. The zero-order chi connectivity index (χ0) is 33.6. The summed E-state index contributed by atoms with van der Waals surface area (Å²) < 4.78 is 0. The number of carbonyl (C=O) groups excluding carboxylic acids is 4. The second kappa shape index (κ2) is 21.5. The molecule has 2 amide bonds. The van der Waals surface area contributed by atoms with E-state index in [0.717, 1.165) is 0 Å². The van der Waals surface area contributed by atoms with E-state index in [1.807, 2.05) is 0 Å². The summed E-state index contributed by atoms with van der Waals surface area (Å²) in [5, 5.41) is 115. The van der Waals surface area contributed by atoms with Crippen LogP contribution in [-0.4, -0.2) is 188 Å². The Morgan fingerprint density at radius 2 is 0.814 bits per heavy atom. The van der Waals surface area contributed by atoms with Crippen molar-refractivity contribution in [2.45, 2.75) is 89.4 Å². The molecule has 0 bridgehead atoms. The number of nitrogens with one attached hydrogen (secondary N) is 2. The van der Waals surface area contributed by atoms with E-state index >= 15 is 0 Å². The van der Waals surface area contributed by atoms with Crippen LogP contribution in [0.3, 0.4) is 0 Å². The molecule has 0 spiro atoms. The normalized spacial score (nSPS) is 24.8. The maximum absolute atomic E-state index is 11.2. The molecule has 19 heteroatoms. The number of carboxylic acids is 2. The molecule has 0 aromatic rings. The predicted molar refractivity (Wildman–Crippen MR) is 141 cm³/mol. The van der Waals surface area contributed by atoms with Gasteiger partial charge in [0, 0.05) is 48.7 Å². The molecule has 0 aliphatic heterocycles. The molecule has 1 saturated carbocycles. The zero-order valence-corrected chi connectivity index (χ0v) is 26.7. The van der Waals surface area contributed by atoms with Gasteiger partial charge in [-0.3, -0.25) is 9.59 Å². The molecule has 1 aliphatic rings. The molecule has 0 aromatic carbocycles. The van der Waals surface area contributed by atoms with Crippen LogP contribution >= 0.6 is 0 Å². The second-order valence-electron chi connectivity index (χ2n) is 10.9. The number of aliphatic hydroxyl groups is 10. The first-order valence-electron chi connectivity index (χ1n) is 12.7. The molecular weight excluding hydrogens is 612 g/mol. The van der Waals surface area contributed by atoms with Crippen LogP contribution in [0.25, 0.3) is 0 Å². The van der Waals surface area contributed by atoms with E-state index in [0.29, 0.717) is 0 Å². The number of carbonyl (C=O) groups is 4. The van der Waals surface area contributed by atoms with Gasteiger partial charge >= 0.3 is 37.7 Å². The van der Waals surface area contributed by atoms with Gasteiger partial charge in [-0.1, -0.05) is 27.7 Å². The van der Waals surface area contributed by atoms with Crippen molar-refractivity contribution in [1.29, 1.82) is 0 Å².